The summed E-state index contributed by atoms with van der Waals surface area (Å²) in [6.07, 6.45) is 4.22. The highest BCUT2D eigenvalue weighted by Crippen LogP contribution is 2.30. The number of nitrogens with zero attached hydrogens (tertiary/aromatic N) is 1. The van der Waals surface area contributed by atoms with Crippen molar-refractivity contribution < 1.29 is 4.74 Å². The van der Waals surface area contributed by atoms with Crippen LogP contribution in [0.4, 0.5) is 5.69 Å². The maximum atomic E-state index is 5.87. The monoisotopic (exact) mass is 286 g/mol. The van der Waals surface area contributed by atoms with E-state index in [-0.39, 0.29) is 0 Å². The van der Waals surface area contributed by atoms with Gasteiger partial charge in [0.25, 0.3) is 0 Å². The Morgan fingerprint density at radius 1 is 1.10 bits per heavy atom. The number of hydrogen-bond donors (Lipinski definition) is 1. The molecule has 0 radical (unpaired) electrons. The fourth-order valence-corrected chi connectivity index (χ4v) is 2.39. The first kappa shape index (κ1) is 15.6. The van der Waals surface area contributed by atoms with Crippen molar-refractivity contribution in [2.45, 2.75) is 46.5 Å². The van der Waals surface area contributed by atoms with Gasteiger partial charge in [-0.1, -0.05) is 39.3 Å². The quantitative estimate of drug-likeness (QED) is 0.757. The van der Waals surface area contributed by atoms with Crippen LogP contribution in [0.15, 0.2) is 24.3 Å². The number of rotatable bonds is 8. The number of fused-ring (bicyclic) bond motifs is 1. The van der Waals surface area contributed by atoms with Gasteiger partial charge in [0, 0.05) is 23.3 Å². The van der Waals surface area contributed by atoms with Crippen molar-refractivity contribution in [3.63, 3.8) is 0 Å². The number of anilines is 1. The highest BCUT2D eigenvalue weighted by atomic mass is 16.5. The van der Waals surface area contributed by atoms with E-state index in [2.05, 4.69) is 38.2 Å². The molecule has 3 heteroatoms. The Kier molecular flexibility index (Phi) is 5.85. The molecule has 0 saturated heterocycles. The smallest absolute Gasteiger partial charge is 0.145 e. The second-order valence-corrected chi connectivity index (χ2v) is 5.34. The fourth-order valence-electron chi connectivity index (χ4n) is 2.39. The zero-order chi connectivity index (χ0) is 15.1. The number of pyridine rings is 1. The van der Waals surface area contributed by atoms with Gasteiger partial charge in [-0.05, 0) is 31.4 Å². The Morgan fingerprint density at radius 3 is 2.67 bits per heavy atom. The van der Waals surface area contributed by atoms with Crippen LogP contribution in [0.5, 0.6) is 5.75 Å². The van der Waals surface area contributed by atoms with E-state index in [9.17, 15) is 0 Å². The lowest BCUT2D eigenvalue weighted by Crippen LogP contribution is -2.04. The maximum absolute atomic E-state index is 5.87. The average molecular weight is 286 g/mol. The average Bonchev–Trinajstić information content (AvgIpc) is 2.51. The third-order valence-electron chi connectivity index (χ3n) is 3.39. The molecule has 21 heavy (non-hydrogen) atoms. The minimum Gasteiger partial charge on any atom is -0.491 e. The van der Waals surface area contributed by atoms with Crippen LogP contribution in [0.25, 0.3) is 10.9 Å². The number of benzene rings is 1. The molecule has 0 fully saturated rings. The van der Waals surface area contributed by atoms with E-state index in [1.165, 1.54) is 5.69 Å². The summed E-state index contributed by atoms with van der Waals surface area (Å²) in [6.45, 7) is 8.19. The standard InChI is InChI=1S/C18H26N2O/c1-4-8-14-13-16(19-11-5-2)15-9-7-10-17(18(15)20-14)21-12-6-3/h7,9-10,13H,4-6,8,11-12H2,1-3H3,(H,19,20). The molecule has 0 aliphatic rings. The lowest BCUT2D eigenvalue weighted by Gasteiger charge is -2.14. The molecule has 2 aromatic rings. The lowest BCUT2D eigenvalue weighted by atomic mass is 10.1. The number of para-hydroxylation sites is 1. The van der Waals surface area contributed by atoms with Crippen molar-refractivity contribution in [2.24, 2.45) is 0 Å². The first-order valence-electron chi connectivity index (χ1n) is 8.09. The Hall–Kier alpha value is -1.77. The fraction of sp³-hybridized carbons (Fsp3) is 0.500. The van der Waals surface area contributed by atoms with Crippen LogP contribution < -0.4 is 10.1 Å². The van der Waals surface area contributed by atoms with Gasteiger partial charge in [-0.25, -0.2) is 4.98 Å². The molecule has 0 atom stereocenters. The molecule has 0 amide bonds. The van der Waals surface area contributed by atoms with Crippen LogP contribution in [0.2, 0.25) is 0 Å². The predicted molar refractivity (Wildman–Crippen MR) is 90.3 cm³/mol. The van der Waals surface area contributed by atoms with Crippen LogP contribution >= 0.6 is 0 Å². The SMILES string of the molecule is CCCNc1cc(CCC)nc2c(OCCC)cccc12. The minimum atomic E-state index is 0.733. The van der Waals surface area contributed by atoms with E-state index >= 15 is 0 Å². The summed E-state index contributed by atoms with van der Waals surface area (Å²) in [5, 5.41) is 4.67. The second-order valence-electron chi connectivity index (χ2n) is 5.34. The van der Waals surface area contributed by atoms with E-state index in [0.717, 1.165) is 61.2 Å². The molecule has 0 aliphatic heterocycles. The summed E-state index contributed by atoms with van der Waals surface area (Å²) >= 11 is 0. The van der Waals surface area contributed by atoms with Crippen molar-refractivity contribution in [1.82, 2.24) is 4.98 Å². The number of aryl methyl sites for hydroxylation is 1. The van der Waals surface area contributed by atoms with E-state index < -0.39 is 0 Å². The number of aromatic nitrogens is 1. The molecule has 0 unspecified atom stereocenters. The third-order valence-corrected chi connectivity index (χ3v) is 3.39. The molecule has 0 aliphatic carbocycles. The summed E-state index contributed by atoms with van der Waals surface area (Å²) in [7, 11) is 0. The normalized spacial score (nSPS) is 10.8. The number of ether oxygens (including phenoxy) is 1. The molecule has 0 spiro atoms. The Balaban J connectivity index is 2.48. The van der Waals surface area contributed by atoms with Gasteiger partial charge in [0.05, 0.1) is 6.61 Å². The molecule has 3 nitrogen and oxygen atoms in total. The Bertz CT molecular complexity index is 581. The summed E-state index contributed by atoms with van der Waals surface area (Å²) in [5.74, 6) is 0.895. The van der Waals surface area contributed by atoms with Gasteiger partial charge < -0.3 is 10.1 Å². The first-order valence-corrected chi connectivity index (χ1v) is 8.09. The molecule has 0 saturated carbocycles. The van der Waals surface area contributed by atoms with Crippen molar-refractivity contribution in [3.8, 4) is 5.75 Å². The van der Waals surface area contributed by atoms with E-state index in [4.69, 9.17) is 9.72 Å². The summed E-state index contributed by atoms with van der Waals surface area (Å²) in [4.78, 5) is 4.82. The van der Waals surface area contributed by atoms with E-state index in [0.29, 0.717) is 0 Å². The van der Waals surface area contributed by atoms with Gasteiger partial charge in [0.1, 0.15) is 11.3 Å². The van der Waals surface area contributed by atoms with Crippen molar-refractivity contribution in [2.75, 3.05) is 18.5 Å². The topological polar surface area (TPSA) is 34.2 Å². The van der Waals surface area contributed by atoms with Gasteiger partial charge in [-0.2, -0.15) is 0 Å². The summed E-state index contributed by atoms with van der Waals surface area (Å²) < 4.78 is 5.87. The molecular weight excluding hydrogens is 260 g/mol. The van der Waals surface area contributed by atoms with Crippen LogP contribution in [-0.4, -0.2) is 18.1 Å². The molecule has 2 rings (SSSR count). The molecule has 0 bridgehead atoms. The lowest BCUT2D eigenvalue weighted by molar-refractivity contribution is 0.320. The first-order chi connectivity index (χ1) is 10.3. The Labute approximate surface area is 127 Å². The summed E-state index contributed by atoms with van der Waals surface area (Å²) in [5.41, 5.74) is 3.29. The molecule has 1 aromatic heterocycles. The van der Waals surface area contributed by atoms with Gasteiger partial charge >= 0.3 is 0 Å². The minimum absolute atomic E-state index is 0.733. The molecule has 1 heterocycles. The maximum Gasteiger partial charge on any atom is 0.145 e. The highest BCUT2D eigenvalue weighted by Gasteiger charge is 2.10. The third kappa shape index (κ3) is 3.87. The van der Waals surface area contributed by atoms with E-state index in [1.54, 1.807) is 0 Å². The van der Waals surface area contributed by atoms with Gasteiger partial charge in [-0.3, -0.25) is 0 Å². The summed E-state index contributed by atoms with van der Waals surface area (Å²) in [6, 6.07) is 8.37. The van der Waals surface area contributed by atoms with Crippen LogP contribution in [0.1, 0.15) is 45.7 Å². The highest BCUT2D eigenvalue weighted by molar-refractivity contribution is 5.95. The zero-order valence-corrected chi connectivity index (χ0v) is 13.4. The van der Waals surface area contributed by atoms with Gasteiger partial charge in [-0.15, -0.1) is 0 Å². The van der Waals surface area contributed by atoms with Crippen molar-refractivity contribution >= 4 is 16.6 Å². The molecule has 114 valence electrons. The van der Waals surface area contributed by atoms with Crippen LogP contribution in [0.3, 0.4) is 0 Å². The molecule has 1 aromatic carbocycles. The molecular formula is C18H26N2O. The van der Waals surface area contributed by atoms with E-state index in [1.807, 2.05) is 12.1 Å². The predicted octanol–water partition coefficient (Wildman–Crippen LogP) is 4.80. The molecule has 1 N–H and O–H groups in total. The van der Waals surface area contributed by atoms with Crippen LogP contribution in [0, 0.1) is 0 Å². The van der Waals surface area contributed by atoms with Crippen molar-refractivity contribution in [3.05, 3.63) is 30.0 Å². The number of hydrogen-bond acceptors (Lipinski definition) is 3. The zero-order valence-electron chi connectivity index (χ0n) is 13.4. The number of nitrogens with one attached hydrogen (secondary N) is 1. The van der Waals surface area contributed by atoms with Crippen molar-refractivity contribution in [1.29, 1.82) is 0 Å². The van der Waals surface area contributed by atoms with Gasteiger partial charge in [0.2, 0.25) is 0 Å². The Morgan fingerprint density at radius 2 is 1.95 bits per heavy atom. The van der Waals surface area contributed by atoms with Crippen LogP contribution in [-0.2, 0) is 6.42 Å². The van der Waals surface area contributed by atoms with Gasteiger partial charge in [0.15, 0.2) is 0 Å². The largest absolute Gasteiger partial charge is 0.491 e. The second kappa shape index (κ2) is 7.87.